The van der Waals surface area contributed by atoms with Crippen molar-refractivity contribution in [3.8, 4) is 0 Å². The average Bonchev–Trinajstić information content (AvgIpc) is 2.88. The van der Waals surface area contributed by atoms with Crippen molar-refractivity contribution in [2.24, 2.45) is 0 Å². The monoisotopic (exact) mass is 339 g/mol. The van der Waals surface area contributed by atoms with Crippen LogP contribution in [0.4, 0.5) is 11.4 Å². The quantitative estimate of drug-likeness (QED) is 0.717. The molecule has 8 heteroatoms. The third-order valence-corrected chi connectivity index (χ3v) is 5.38. The van der Waals surface area contributed by atoms with Crippen molar-refractivity contribution in [3.63, 3.8) is 0 Å². The van der Waals surface area contributed by atoms with E-state index in [0.29, 0.717) is 10.7 Å². The van der Waals surface area contributed by atoms with E-state index in [1.807, 2.05) is 0 Å². The second-order valence-corrected chi connectivity index (χ2v) is 7.30. The molecule has 0 saturated carbocycles. The van der Waals surface area contributed by atoms with Gasteiger partial charge in [-0.25, -0.2) is 13.4 Å². The molecule has 3 aromatic rings. The number of nitrogens with zero attached hydrogens (tertiary/aromatic N) is 1. The van der Waals surface area contributed by atoms with Gasteiger partial charge in [-0.1, -0.05) is 11.6 Å². The first-order chi connectivity index (χ1) is 9.95. The lowest BCUT2D eigenvalue weighted by Gasteiger charge is -2.09. The maximum atomic E-state index is 12.3. The highest BCUT2D eigenvalue weighted by Gasteiger charge is 2.15. The van der Waals surface area contributed by atoms with Gasteiger partial charge >= 0.3 is 0 Å². The molecule has 108 valence electrons. The van der Waals surface area contributed by atoms with Crippen LogP contribution in [0.3, 0.4) is 0 Å². The molecule has 0 bridgehead atoms. The van der Waals surface area contributed by atoms with Crippen molar-refractivity contribution in [2.45, 2.75) is 4.90 Å². The summed E-state index contributed by atoms with van der Waals surface area (Å²) in [6.07, 6.45) is 0. The molecule has 0 aliphatic rings. The lowest BCUT2D eigenvalue weighted by molar-refractivity contribution is 0.601. The van der Waals surface area contributed by atoms with Crippen LogP contribution in [0.2, 0.25) is 5.02 Å². The molecule has 3 rings (SSSR count). The first-order valence-electron chi connectivity index (χ1n) is 5.87. The number of nitrogens with two attached hydrogens (primary N) is 1. The topological polar surface area (TPSA) is 85.1 Å². The van der Waals surface area contributed by atoms with Crippen molar-refractivity contribution >= 4 is 54.6 Å². The minimum Gasteiger partial charge on any atom is -0.397 e. The number of nitrogens with one attached hydrogen (secondary N) is 1. The Kier molecular flexibility index (Phi) is 3.48. The molecule has 0 radical (unpaired) electrons. The van der Waals surface area contributed by atoms with E-state index in [1.54, 1.807) is 23.7 Å². The van der Waals surface area contributed by atoms with Crippen LogP contribution in [0.15, 0.2) is 46.8 Å². The highest BCUT2D eigenvalue weighted by molar-refractivity contribution is 7.92. The lowest BCUT2D eigenvalue weighted by Crippen LogP contribution is -2.13. The molecule has 0 saturated heterocycles. The van der Waals surface area contributed by atoms with Gasteiger partial charge in [-0.15, -0.1) is 11.3 Å². The standard InChI is InChI=1S/C13H10ClN3O2S2/c14-10-3-2-9(6-11(10)15)21(18,19)17-8-1-4-12-13(5-8)20-7-16-12/h1-7,17H,15H2. The zero-order valence-electron chi connectivity index (χ0n) is 10.6. The Bertz CT molecular complexity index is 922. The Morgan fingerprint density at radius 3 is 2.76 bits per heavy atom. The predicted molar refractivity (Wildman–Crippen MR) is 86.3 cm³/mol. The van der Waals surface area contributed by atoms with E-state index in [2.05, 4.69) is 9.71 Å². The zero-order valence-corrected chi connectivity index (χ0v) is 13.0. The molecular weight excluding hydrogens is 330 g/mol. The van der Waals surface area contributed by atoms with E-state index >= 15 is 0 Å². The van der Waals surface area contributed by atoms with Crippen LogP contribution in [-0.4, -0.2) is 13.4 Å². The van der Waals surface area contributed by atoms with Gasteiger partial charge in [-0.05, 0) is 36.4 Å². The fourth-order valence-electron chi connectivity index (χ4n) is 1.82. The predicted octanol–water partition coefficient (Wildman–Crippen LogP) is 3.33. The van der Waals surface area contributed by atoms with Crippen LogP contribution >= 0.6 is 22.9 Å². The molecule has 2 aromatic carbocycles. The summed E-state index contributed by atoms with van der Waals surface area (Å²) >= 11 is 7.24. The highest BCUT2D eigenvalue weighted by Crippen LogP contribution is 2.26. The van der Waals surface area contributed by atoms with Crippen molar-refractivity contribution in [3.05, 3.63) is 46.9 Å². The van der Waals surface area contributed by atoms with Crippen LogP contribution in [0.1, 0.15) is 0 Å². The highest BCUT2D eigenvalue weighted by atomic mass is 35.5. The van der Waals surface area contributed by atoms with Crippen LogP contribution < -0.4 is 10.5 Å². The van der Waals surface area contributed by atoms with Gasteiger partial charge in [-0.2, -0.15) is 0 Å². The maximum absolute atomic E-state index is 12.3. The number of thiazole rings is 1. The lowest BCUT2D eigenvalue weighted by atomic mass is 10.3. The number of fused-ring (bicyclic) bond motifs is 1. The number of benzene rings is 2. The molecule has 3 N–H and O–H groups in total. The minimum atomic E-state index is -3.71. The van der Waals surface area contributed by atoms with Crippen molar-refractivity contribution < 1.29 is 8.42 Å². The van der Waals surface area contributed by atoms with Gasteiger partial charge in [0.05, 0.1) is 37.0 Å². The molecule has 21 heavy (non-hydrogen) atoms. The van der Waals surface area contributed by atoms with Crippen LogP contribution in [0, 0.1) is 0 Å². The number of rotatable bonds is 3. The fourth-order valence-corrected chi connectivity index (χ4v) is 3.74. The van der Waals surface area contributed by atoms with Gasteiger partial charge in [0.25, 0.3) is 10.0 Å². The van der Waals surface area contributed by atoms with E-state index in [4.69, 9.17) is 17.3 Å². The van der Waals surface area contributed by atoms with Gasteiger partial charge < -0.3 is 5.73 Å². The molecule has 1 aromatic heterocycles. The van der Waals surface area contributed by atoms with Gasteiger partial charge in [0.2, 0.25) is 0 Å². The SMILES string of the molecule is Nc1cc(S(=O)(=O)Nc2ccc3ncsc3c2)ccc1Cl. The van der Waals surface area contributed by atoms with Crippen molar-refractivity contribution in [1.82, 2.24) is 4.98 Å². The smallest absolute Gasteiger partial charge is 0.261 e. The summed E-state index contributed by atoms with van der Waals surface area (Å²) in [5.74, 6) is 0. The zero-order chi connectivity index (χ0) is 15.0. The number of hydrogen-bond acceptors (Lipinski definition) is 5. The first-order valence-corrected chi connectivity index (χ1v) is 8.61. The normalized spacial score (nSPS) is 11.7. The second-order valence-electron chi connectivity index (χ2n) is 4.32. The average molecular weight is 340 g/mol. The summed E-state index contributed by atoms with van der Waals surface area (Å²) in [5, 5.41) is 0.319. The summed E-state index contributed by atoms with van der Waals surface area (Å²) in [6.45, 7) is 0. The molecular formula is C13H10ClN3O2S2. The van der Waals surface area contributed by atoms with Gasteiger partial charge in [0.15, 0.2) is 0 Å². The summed E-state index contributed by atoms with van der Waals surface area (Å²) < 4.78 is 28.1. The molecule has 0 fully saturated rings. The molecule has 0 atom stereocenters. The Morgan fingerprint density at radius 1 is 1.19 bits per heavy atom. The van der Waals surface area contributed by atoms with E-state index in [0.717, 1.165) is 10.2 Å². The summed E-state index contributed by atoms with van der Waals surface area (Å²) in [6, 6.07) is 9.36. The Labute approximate surface area is 130 Å². The van der Waals surface area contributed by atoms with Crippen LogP contribution in [0.25, 0.3) is 10.2 Å². The van der Waals surface area contributed by atoms with Crippen LogP contribution in [0.5, 0.6) is 0 Å². The number of halogens is 1. The van der Waals surface area contributed by atoms with E-state index < -0.39 is 10.0 Å². The number of sulfonamides is 1. The molecule has 1 heterocycles. The van der Waals surface area contributed by atoms with E-state index in [9.17, 15) is 8.42 Å². The van der Waals surface area contributed by atoms with Gasteiger partial charge in [-0.3, -0.25) is 4.72 Å². The van der Waals surface area contributed by atoms with E-state index in [1.165, 1.54) is 29.5 Å². The van der Waals surface area contributed by atoms with Crippen molar-refractivity contribution in [2.75, 3.05) is 10.5 Å². The fraction of sp³-hybridized carbons (Fsp3) is 0. The first kappa shape index (κ1) is 14.1. The minimum absolute atomic E-state index is 0.0637. The summed E-state index contributed by atoms with van der Waals surface area (Å²) in [4.78, 5) is 4.21. The van der Waals surface area contributed by atoms with E-state index in [-0.39, 0.29) is 10.6 Å². The summed E-state index contributed by atoms with van der Waals surface area (Å²) in [7, 11) is -3.71. The maximum Gasteiger partial charge on any atom is 0.261 e. The third-order valence-electron chi connectivity index (χ3n) is 2.86. The molecule has 0 aliphatic carbocycles. The van der Waals surface area contributed by atoms with Gasteiger partial charge in [0.1, 0.15) is 0 Å². The molecule has 5 nitrogen and oxygen atoms in total. The van der Waals surface area contributed by atoms with Crippen molar-refractivity contribution in [1.29, 1.82) is 0 Å². The van der Waals surface area contributed by atoms with Gasteiger partial charge in [0, 0.05) is 0 Å². The molecule has 0 amide bonds. The Hall–Kier alpha value is -1.83. The number of anilines is 2. The molecule has 0 unspecified atom stereocenters. The molecule has 0 spiro atoms. The Balaban J connectivity index is 1.96. The number of aromatic nitrogens is 1. The third kappa shape index (κ3) is 2.80. The molecule has 0 aliphatic heterocycles. The summed E-state index contributed by atoms with van der Waals surface area (Å²) in [5.41, 5.74) is 8.88. The Morgan fingerprint density at radius 2 is 2.00 bits per heavy atom. The largest absolute Gasteiger partial charge is 0.397 e. The number of hydrogen-bond donors (Lipinski definition) is 2. The second kappa shape index (κ2) is 5.18. The number of nitrogen functional groups attached to an aromatic ring is 1. The van der Waals surface area contributed by atoms with Crippen LogP contribution in [-0.2, 0) is 10.0 Å².